The summed E-state index contributed by atoms with van der Waals surface area (Å²) in [7, 11) is -1.85. The Kier molecular flexibility index (Phi) is 4.81. The van der Waals surface area contributed by atoms with Crippen LogP contribution in [-0.4, -0.2) is 50.9 Å². The maximum atomic E-state index is 13.3. The fourth-order valence-electron chi connectivity index (χ4n) is 4.67. The van der Waals surface area contributed by atoms with Crippen molar-refractivity contribution >= 4 is 21.6 Å². The maximum Gasteiger partial charge on any atom is 0.243 e. The minimum atomic E-state index is -3.52. The molecule has 3 heterocycles. The molecule has 3 saturated heterocycles. The van der Waals surface area contributed by atoms with Crippen LogP contribution < -0.4 is 10.6 Å². The minimum absolute atomic E-state index is 0.0241. The molecule has 0 saturated carbocycles. The second-order valence-electron chi connectivity index (χ2n) is 7.14. The Bertz CT molecular complexity index is 727. The third kappa shape index (κ3) is 3.11. The lowest BCUT2D eigenvalue weighted by molar-refractivity contribution is -0.0455. The fraction of sp³-hybridized carbons (Fsp3) is 0.647. The Balaban J connectivity index is 1.65. The number of methoxy groups -OCH3 is 1. The molecule has 2 bridgehead atoms. The van der Waals surface area contributed by atoms with Crippen LogP contribution in [0.5, 0.6) is 0 Å². The van der Waals surface area contributed by atoms with Crippen molar-refractivity contribution in [1.82, 2.24) is 14.9 Å². The van der Waals surface area contributed by atoms with E-state index in [1.807, 2.05) is 0 Å². The molecule has 8 heteroatoms. The zero-order chi connectivity index (χ0) is 17.6. The number of hydrogen-bond donors (Lipinski definition) is 2. The summed E-state index contributed by atoms with van der Waals surface area (Å²) in [6.07, 6.45) is 3.58. The zero-order valence-corrected chi connectivity index (χ0v) is 15.8. The van der Waals surface area contributed by atoms with Gasteiger partial charge in [0.2, 0.25) is 10.0 Å². The standard InChI is InChI=1S/C17H24ClN3O3S/c1-24-17-19-10-14-15(20-17)9-12-3-2-4-16(14)21(12)25(22,23)13-7-5-11(18)6-8-13/h5-8,12,14-17,19-20H,2-4,9-10H2,1H3. The van der Waals surface area contributed by atoms with Gasteiger partial charge in [-0.05, 0) is 43.5 Å². The van der Waals surface area contributed by atoms with Crippen molar-refractivity contribution in [2.24, 2.45) is 5.92 Å². The van der Waals surface area contributed by atoms with E-state index in [1.165, 1.54) is 0 Å². The third-order valence-electron chi connectivity index (χ3n) is 5.79. The van der Waals surface area contributed by atoms with Gasteiger partial charge in [-0.25, -0.2) is 8.42 Å². The van der Waals surface area contributed by atoms with Crippen LogP contribution in [0.4, 0.5) is 0 Å². The van der Waals surface area contributed by atoms with Gasteiger partial charge in [0.15, 0.2) is 6.35 Å². The number of halogens is 1. The number of fused-ring (bicyclic) bond motifs is 4. The molecular formula is C17H24ClN3O3S. The molecule has 2 N–H and O–H groups in total. The van der Waals surface area contributed by atoms with Crippen LogP contribution in [0.25, 0.3) is 0 Å². The first-order chi connectivity index (χ1) is 12.0. The van der Waals surface area contributed by atoms with Crippen molar-refractivity contribution < 1.29 is 13.2 Å². The lowest BCUT2D eigenvalue weighted by Gasteiger charge is -2.54. The van der Waals surface area contributed by atoms with Gasteiger partial charge in [0.1, 0.15) is 0 Å². The van der Waals surface area contributed by atoms with E-state index in [2.05, 4.69) is 10.6 Å². The maximum absolute atomic E-state index is 13.3. The number of ether oxygens (including phenoxy) is 1. The Labute approximate surface area is 153 Å². The summed E-state index contributed by atoms with van der Waals surface area (Å²) in [5.41, 5.74) is 0. The molecule has 5 atom stereocenters. The van der Waals surface area contributed by atoms with Crippen molar-refractivity contribution in [2.75, 3.05) is 13.7 Å². The van der Waals surface area contributed by atoms with Crippen molar-refractivity contribution in [3.05, 3.63) is 29.3 Å². The first kappa shape index (κ1) is 17.7. The van der Waals surface area contributed by atoms with Crippen LogP contribution in [0, 0.1) is 5.92 Å². The highest BCUT2D eigenvalue weighted by Crippen LogP contribution is 2.41. The lowest BCUT2D eigenvalue weighted by Crippen LogP contribution is -2.70. The highest BCUT2D eigenvalue weighted by molar-refractivity contribution is 7.89. The van der Waals surface area contributed by atoms with Gasteiger partial charge in [0.05, 0.1) is 4.90 Å². The van der Waals surface area contributed by atoms with E-state index in [1.54, 1.807) is 35.7 Å². The second-order valence-corrected chi connectivity index (χ2v) is 9.42. The molecule has 0 aliphatic carbocycles. The van der Waals surface area contributed by atoms with Gasteiger partial charge >= 0.3 is 0 Å². The molecule has 0 radical (unpaired) electrons. The number of sulfonamides is 1. The van der Waals surface area contributed by atoms with E-state index in [-0.39, 0.29) is 30.4 Å². The molecule has 138 valence electrons. The molecule has 6 nitrogen and oxygen atoms in total. The Morgan fingerprint density at radius 1 is 1.24 bits per heavy atom. The molecule has 0 aromatic heterocycles. The second kappa shape index (κ2) is 6.79. The van der Waals surface area contributed by atoms with Gasteiger partial charge in [-0.3, -0.25) is 10.6 Å². The third-order valence-corrected chi connectivity index (χ3v) is 8.03. The average Bonchev–Trinajstić information content (AvgIpc) is 2.61. The smallest absolute Gasteiger partial charge is 0.243 e. The van der Waals surface area contributed by atoms with Gasteiger partial charge in [-0.2, -0.15) is 4.31 Å². The number of rotatable bonds is 3. The van der Waals surface area contributed by atoms with Crippen molar-refractivity contribution in [3.63, 3.8) is 0 Å². The number of nitrogens with one attached hydrogen (secondary N) is 2. The predicted molar refractivity (Wildman–Crippen MR) is 95.7 cm³/mol. The zero-order valence-electron chi connectivity index (χ0n) is 14.2. The van der Waals surface area contributed by atoms with Gasteiger partial charge in [0, 0.05) is 42.7 Å². The largest absolute Gasteiger partial charge is 0.353 e. The molecule has 0 amide bonds. The van der Waals surface area contributed by atoms with E-state index in [0.29, 0.717) is 9.92 Å². The molecule has 0 spiro atoms. The quantitative estimate of drug-likeness (QED) is 0.829. The molecule has 25 heavy (non-hydrogen) atoms. The summed E-state index contributed by atoms with van der Waals surface area (Å²) in [5.74, 6) is 0.255. The summed E-state index contributed by atoms with van der Waals surface area (Å²) in [6, 6.07) is 6.86. The van der Waals surface area contributed by atoms with Crippen LogP contribution in [-0.2, 0) is 14.8 Å². The highest BCUT2D eigenvalue weighted by Gasteiger charge is 2.51. The first-order valence-corrected chi connectivity index (χ1v) is 10.6. The van der Waals surface area contributed by atoms with E-state index in [9.17, 15) is 8.42 Å². The normalized spacial score (nSPS) is 36.0. The molecule has 1 aromatic rings. The van der Waals surface area contributed by atoms with Crippen LogP contribution in [0.2, 0.25) is 5.02 Å². The molecule has 3 fully saturated rings. The molecule has 3 aliphatic rings. The Morgan fingerprint density at radius 2 is 2.00 bits per heavy atom. The minimum Gasteiger partial charge on any atom is -0.353 e. The summed E-state index contributed by atoms with van der Waals surface area (Å²) < 4.78 is 33.8. The van der Waals surface area contributed by atoms with E-state index in [4.69, 9.17) is 16.3 Å². The fourth-order valence-corrected chi connectivity index (χ4v) is 6.72. The van der Waals surface area contributed by atoms with Gasteiger partial charge in [-0.1, -0.05) is 18.0 Å². The summed E-state index contributed by atoms with van der Waals surface area (Å²) in [4.78, 5) is 0.332. The Hall–Kier alpha value is -0.700. The molecule has 5 unspecified atom stereocenters. The van der Waals surface area contributed by atoms with Crippen molar-refractivity contribution in [1.29, 1.82) is 0 Å². The summed E-state index contributed by atoms with van der Waals surface area (Å²) in [6.45, 7) is 0.764. The van der Waals surface area contributed by atoms with Crippen LogP contribution in [0.15, 0.2) is 29.2 Å². The van der Waals surface area contributed by atoms with Gasteiger partial charge in [-0.15, -0.1) is 0 Å². The van der Waals surface area contributed by atoms with Crippen molar-refractivity contribution in [2.45, 2.75) is 55.1 Å². The van der Waals surface area contributed by atoms with Gasteiger partial charge < -0.3 is 4.74 Å². The van der Waals surface area contributed by atoms with E-state index >= 15 is 0 Å². The lowest BCUT2D eigenvalue weighted by atomic mass is 9.75. The van der Waals surface area contributed by atoms with Crippen molar-refractivity contribution in [3.8, 4) is 0 Å². The number of benzene rings is 1. The molecule has 4 rings (SSSR count). The number of hydrogen-bond acceptors (Lipinski definition) is 5. The Morgan fingerprint density at radius 3 is 2.72 bits per heavy atom. The van der Waals surface area contributed by atoms with Crippen LogP contribution in [0.3, 0.4) is 0 Å². The molecular weight excluding hydrogens is 362 g/mol. The van der Waals surface area contributed by atoms with E-state index < -0.39 is 10.0 Å². The topological polar surface area (TPSA) is 70.7 Å². The number of piperidine rings is 2. The summed E-state index contributed by atoms with van der Waals surface area (Å²) in [5, 5.41) is 7.34. The SMILES string of the molecule is COC1NCC2C(CC3CCCC2N3S(=O)(=O)c2ccc(Cl)cc2)N1. The summed E-state index contributed by atoms with van der Waals surface area (Å²) >= 11 is 5.93. The molecule has 3 aliphatic heterocycles. The van der Waals surface area contributed by atoms with Gasteiger partial charge in [0.25, 0.3) is 0 Å². The first-order valence-electron chi connectivity index (χ1n) is 8.82. The monoisotopic (exact) mass is 385 g/mol. The predicted octanol–water partition coefficient (Wildman–Crippen LogP) is 1.76. The number of nitrogens with zero attached hydrogens (tertiary/aromatic N) is 1. The average molecular weight is 386 g/mol. The van der Waals surface area contributed by atoms with E-state index in [0.717, 1.165) is 32.2 Å². The highest BCUT2D eigenvalue weighted by atomic mass is 35.5. The molecule has 1 aromatic carbocycles. The van der Waals surface area contributed by atoms with Crippen LogP contribution in [0.1, 0.15) is 25.7 Å². The van der Waals surface area contributed by atoms with Crippen LogP contribution >= 0.6 is 11.6 Å².